The smallest absolute Gasteiger partial charge is 0.342 e. The molecule has 0 saturated heterocycles. The van der Waals surface area contributed by atoms with Gasteiger partial charge in [0.05, 0.1) is 16.8 Å². The SMILES string of the molecule is CCOC(=O)c1cccc(N)c1Oc1ccc(Cl)cc1Br. The molecule has 0 bridgehead atoms. The van der Waals surface area contributed by atoms with Crippen molar-refractivity contribution in [2.24, 2.45) is 0 Å². The number of carbonyl (C=O) groups is 1. The van der Waals surface area contributed by atoms with Gasteiger partial charge in [-0.15, -0.1) is 0 Å². The minimum Gasteiger partial charge on any atom is -0.462 e. The Labute approximate surface area is 135 Å². The van der Waals surface area contributed by atoms with Gasteiger partial charge in [0.2, 0.25) is 0 Å². The molecule has 0 aromatic heterocycles. The van der Waals surface area contributed by atoms with Crippen LogP contribution in [0.25, 0.3) is 0 Å². The zero-order valence-corrected chi connectivity index (χ0v) is 13.6. The lowest BCUT2D eigenvalue weighted by Gasteiger charge is -2.14. The monoisotopic (exact) mass is 369 g/mol. The summed E-state index contributed by atoms with van der Waals surface area (Å²) in [5.41, 5.74) is 6.54. The van der Waals surface area contributed by atoms with Crippen LogP contribution in [0.2, 0.25) is 5.02 Å². The van der Waals surface area contributed by atoms with E-state index in [2.05, 4.69) is 15.9 Å². The number of nitrogen functional groups attached to an aromatic ring is 1. The zero-order chi connectivity index (χ0) is 15.4. The molecule has 0 saturated carbocycles. The van der Waals surface area contributed by atoms with Gasteiger partial charge < -0.3 is 15.2 Å². The largest absolute Gasteiger partial charge is 0.462 e. The minimum atomic E-state index is -0.482. The molecule has 0 heterocycles. The summed E-state index contributed by atoms with van der Waals surface area (Å²) in [6, 6.07) is 10.00. The van der Waals surface area contributed by atoms with Crippen molar-refractivity contribution in [2.45, 2.75) is 6.92 Å². The number of rotatable bonds is 4. The van der Waals surface area contributed by atoms with Crippen LogP contribution in [-0.4, -0.2) is 12.6 Å². The van der Waals surface area contributed by atoms with Crippen LogP contribution in [0, 0.1) is 0 Å². The minimum absolute atomic E-state index is 0.263. The average molecular weight is 371 g/mol. The highest BCUT2D eigenvalue weighted by atomic mass is 79.9. The Morgan fingerprint density at radius 3 is 2.76 bits per heavy atom. The fourth-order valence-electron chi connectivity index (χ4n) is 1.71. The normalized spacial score (nSPS) is 10.2. The van der Waals surface area contributed by atoms with Crippen LogP contribution in [0.15, 0.2) is 40.9 Å². The third-order valence-corrected chi connectivity index (χ3v) is 3.50. The Balaban J connectivity index is 2.41. The first-order chi connectivity index (χ1) is 10.0. The number of halogens is 2. The van der Waals surface area contributed by atoms with Crippen LogP contribution < -0.4 is 10.5 Å². The van der Waals surface area contributed by atoms with E-state index in [1.54, 1.807) is 43.3 Å². The van der Waals surface area contributed by atoms with Crippen LogP contribution in [0.3, 0.4) is 0 Å². The molecule has 0 aliphatic carbocycles. The van der Waals surface area contributed by atoms with Crippen LogP contribution in [0.1, 0.15) is 17.3 Å². The molecule has 2 aromatic carbocycles. The summed E-state index contributed by atoms with van der Waals surface area (Å²) in [5, 5.41) is 0.570. The van der Waals surface area contributed by atoms with Gasteiger partial charge in [-0.05, 0) is 53.2 Å². The maximum absolute atomic E-state index is 12.0. The summed E-state index contributed by atoms with van der Waals surface area (Å²) in [6.45, 7) is 2.01. The van der Waals surface area contributed by atoms with E-state index in [0.29, 0.717) is 20.9 Å². The first-order valence-corrected chi connectivity index (χ1v) is 7.38. The third kappa shape index (κ3) is 3.68. The molecular formula is C15H13BrClNO3. The quantitative estimate of drug-likeness (QED) is 0.628. The number of hydrogen-bond acceptors (Lipinski definition) is 4. The van der Waals surface area contributed by atoms with Gasteiger partial charge in [0.25, 0.3) is 0 Å². The fraction of sp³-hybridized carbons (Fsp3) is 0.133. The van der Waals surface area contributed by atoms with Gasteiger partial charge in [0, 0.05) is 5.02 Å². The topological polar surface area (TPSA) is 61.5 Å². The Bertz CT molecular complexity index is 676. The zero-order valence-electron chi connectivity index (χ0n) is 11.2. The molecule has 0 spiro atoms. The van der Waals surface area contributed by atoms with Gasteiger partial charge in [-0.2, -0.15) is 0 Å². The van der Waals surface area contributed by atoms with Crippen molar-refractivity contribution >= 4 is 39.2 Å². The van der Waals surface area contributed by atoms with Gasteiger partial charge in [-0.25, -0.2) is 4.79 Å². The van der Waals surface area contributed by atoms with Gasteiger partial charge >= 0.3 is 5.97 Å². The van der Waals surface area contributed by atoms with Crippen LogP contribution in [-0.2, 0) is 4.74 Å². The van der Waals surface area contributed by atoms with E-state index in [0.717, 1.165) is 0 Å². The number of ether oxygens (including phenoxy) is 2. The number of benzene rings is 2. The van der Waals surface area contributed by atoms with Crippen molar-refractivity contribution in [1.82, 2.24) is 0 Å². The van der Waals surface area contributed by atoms with Gasteiger partial charge in [-0.1, -0.05) is 17.7 Å². The predicted molar refractivity (Wildman–Crippen MR) is 86.0 cm³/mol. The Kier molecular flexibility index (Phi) is 5.09. The molecule has 6 heteroatoms. The molecule has 0 unspecified atom stereocenters. The van der Waals surface area contributed by atoms with E-state index in [1.807, 2.05) is 0 Å². The first-order valence-electron chi connectivity index (χ1n) is 6.21. The second kappa shape index (κ2) is 6.83. The summed E-state index contributed by atoms with van der Waals surface area (Å²) in [6.07, 6.45) is 0. The molecule has 0 aliphatic heterocycles. The molecular weight excluding hydrogens is 358 g/mol. The number of carbonyl (C=O) groups excluding carboxylic acids is 1. The fourth-order valence-corrected chi connectivity index (χ4v) is 2.47. The highest BCUT2D eigenvalue weighted by Crippen LogP contribution is 2.36. The summed E-state index contributed by atoms with van der Waals surface area (Å²) < 4.78 is 11.4. The number of para-hydroxylation sites is 1. The molecule has 0 atom stereocenters. The maximum Gasteiger partial charge on any atom is 0.342 e. The maximum atomic E-state index is 12.0. The molecule has 21 heavy (non-hydrogen) atoms. The lowest BCUT2D eigenvalue weighted by Crippen LogP contribution is -2.08. The summed E-state index contributed by atoms with van der Waals surface area (Å²) in [7, 11) is 0. The standard InChI is InChI=1S/C15H13BrClNO3/c1-2-20-15(19)10-4-3-5-12(18)14(10)21-13-7-6-9(17)8-11(13)16/h3-8H,2,18H2,1H3. The number of hydrogen-bond donors (Lipinski definition) is 1. The van der Waals surface area contributed by atoms with E-state index < -0.39 is 5.97 Å². The molecule has 4 nitrogen and oxygen atoms in total. The van der Waals surface area contributed by atoms with Crippen molar-refractivity contribution in [3.63, 3.8) is 0 Å². The van der Waals surface area contributed by atoms with Crippen LogP contribution >= 0.6 is 27.5 Å². The Morgan fingerprint density at radius 1 is 1.33 bits per heavy atom. The molecule has 2 rings (SSSR count). The van der Waals surface area contributed by atoms with Crippen LogP contribution in [0.5, 0.6) is 11.5 Å². The molecule has 0 aliphatic rings. The molecule has 2 aromatic rings. The third-order valence-electron chi connectivity index (χ3n) is 2.65. The predicted octanol–water partition coefficient (Wildman–Crippen LogP) is 4.65. The Morgan fingerprint density at radius 2 is 2.10 bits per heavy atom. The summed E-state index contributed by atoms with van der Waals surface area (Å²) >= 11 is 9.24. The van der Waals surface area contributed by atoms with Crippen molar-refractivity contribution in [1.29, 1.82) is 0 Å². The second-order valence-electron chi connectivity index (χ2n) is 4.12. The van der Waals surface area contributed by atoms with E-state index in [1.165, 1.54) is 0 Å². The van der Waals surface area contributed by atoms with Crippen molar-refractivity contribution in [2.75, 3.05) is 12.3 Å². The highest BCUT2D eigenvalue weighted by Gasteiger charge is 2.17. The van der Waals surface area contributed by atoms with Crippen LogP contribution in [0.4, 0.5) is 5.69 Å². The number of esters is 1. The summed E-state index contributed by atoms with van der Waals surface area (Å²) in [5.74, 6) is 0.284. The van der Waals surface area contributed by atoms with Crippen molar-refractivity contribution in [3.8, 4) is 11.5 Å². The molecule has 0 amide bonds. The van der Waals surface area contributed by atoms with Crippen molar-refractivity contribution in [3.05, 3.63) is 51.5 Å². The highest BCUT2D eigenvalue weighted by molar-refractivity contribution is 9.10. The molecule has 0 radical (unpaired) electrons. The van der Waals surface area contributed by atoms with Gasteiger partial charge in [-0.3, -0.25) is 0 Å². The van der Waals surface area contributed by atoms with E-state index in [9.17, 15) is 4.79 Å². The summed E-state index contributed by atoms with van der Waals surface area (Å²) in [4.78, 5) is 12.0. The number of nitrogens with two attached hydrogens (primary N) is 1. The molecule has 2 N–H and O–H groups in total. The van der Waals surface area contributed by atoms with E-state index in [4.69, 9.17) is 26.8 Å². The molecule has 0 fully saturated rings. The number of anilines is 1. The lowest BCUT2D eigenvalue weighted by atomic mass is 10.1. The molecule has 110 valence electrons. The van der Waals surface area contributed by atoms with Crippen molar-refractivity contribution < 1.29 is 14.3 Å². The first kappa shape index (κ1) is 15.7. The van der Waals surface area contributed by atoms with Gasteiger partial charge in [0.1, 0.15) is 11.3 Å². The van der Waals surface area contributed by atoms with E-state index in [-0.39, 0.29) is 17.9 Å². The average Bonchev–Trinajstić information content (AvgIpc) is 2.43. The second-order valence-corrected chi connectivity index (χ2v) is 5.41. The van der Waals surface area contributed by atoms with E-state index >= 15 is 0 Å². The Hall–Kier alpha value is -1.72. The van der Waals surface area contributed by atoms with Gasteiger partial charge in [0.15, 0.2) is 5.75 Å². The lowest BCUT2D eigenvalue weighted by molar-refractivity contribution is 0.0523.